The number of nitrogens with zero attached hydrogens (tertiary/aromatic N) is 3. The third-order valence-electron chi connectivity index (χ3n) is 2.39. The molecule has 0 aliphatic carbocycles. The van der Waals surface area contributed by atoms with Crippen LogP contribution in [0.3, 0.4) is 0 Å². The van der Waals surface area contributed by atoms with Gasteiger partial charge in [-0.15, -0.1) is 0 Å². The van der Waals surface area contributed by atoms with Crippen molar-refractivity contribution in [2.75, 3.05) is 11.9 Å². The number of rotatable bonds is 5. The van der Waals surface area contributed by atoms with E-state index in [1.54, 1.807) is 6.07 Å². The van der Waals surface area contributed by atoms with Gasteiger partial charge in [-0.1, -0.05) is 6.07 Å². The van der Waals surface area contributed by atoms with Crippen LogP contribution >= 0.6 is 15.9 Å². The molecular formula is C12H10BrFN4O3. The topological polar surface area (TPSA) is 90.2 Å². The van der Waals surface area contributed by atoms with Crippen LogP contribution in [0.4, 0.5) is 16.0 Å². The van der Waals surface area contributed by atoms with Crippen molar-refractivity contribution in [3.05, 3.63) is 44.8 Å². The number of nitro benzene ring substituents is 1. The molecule has 1 N–H and O–H groups in total. The highest BCUT2D eigenvalue weighted by Gasteiger charge is 2.21. The van der Waals surface area contributed by atoms with Gasteiger partial charge in [-0.25, -0.2) is 4.98 Å². The lowest BCUT2D eigenvalue weighted by atomic mass is 10.3. The Kier molecular flexibility index (Phi) is 4.63. The number of nitro groups is 1. The summed E-state index contributed by atoms with van der Waals surface area (Å²) in [6.07, 6.45) is 0.934. The fourth-order valence-electron chi connectivity index (χ4n) is 1.51. The zero-order valence-electron chi connectivity index (χ0n) is 10.8. The van der Waals surface area contributed by atoms with Crippen LogP contribution < -0.4 is 10.1 Å². The number of anilines is 1. The summed E-state index contributed by atoms with van der Waals surface area (Å²) in [5, 5.41) is 13.8. The minimum Gasteiger partial charge on any atom is -0.428 e. The molecule has 0 aliphatic rings. The van der Waals surface area contributed by atoms with E-state index in [9.17, 15) is 14.5 Å². The second-order valence-corrected chi connectivity index (χ2v) is 4.68. The minimum absolute atomic E-state index is 0.123. The van der Waals surface area contributed by atoms with Gasteiger partial charge in [-0.3, -0.25) is 10.1 Å². The smallest absolute Gasteiger partial charge is 0.312 e. The number of halogens is 2. The molecule has 2 rings (SSSR count). The van der Waals surface area contributed by atoms with Gasteiger partial charge in [-0.2, -0.15) is 9.37 Å². The molecule has 0 saturated carbocycles. The first kappa shape index (κ1) is 15.1. The number of ether oxygens (including phenoxy) is 1. The van der Waals surface area contributed by atoms with E-state index < -0.39 is 16.6 Å². The summed E-state index contributed by atoms with van der Waals surface area (Å²) in [7, 11) is 0. The Morgan fingerprint density at radius 1 is 1.52 bits per heavy atom. The molecule has 2 aromatic rings. The Morgan fingerprint density at radius 3 is 2.95 bits per heavy atom. The lowest BCUT2D eigenvalue weighted by Gasteiger charge is -2.09. The van der Waals surface area contributed by atoms with Crippen molar-refractivity contribution in [3.63, 3.8) is 0 Å². The number of hydrogen-bond acceptors (Lipinski definition) is 6. The fraction of sp³-hybridized carbons (Fsp3) is 0.167. The molecule has 0 saturated heterocycles. The first-order valence-corrected chi connectivity index (χ1v) is 6.69. The van der Waals surface area contributed by atoms with Crippen LogP contribution in [0.15, 0.2) is 28.9 Å². The van der Waals surface area contributed by atoms with E-state index in [-0.39, 0.29) is 17.4 Å². The van der Waals surface area contributed by atoms with Gasteiger partial charge in [-0.05, 0) is 28.9 Å². The molecule has 0 aliphatic heterocycles. The number of para-hydroxylation sites is 1. The molecule has 1 aromatic heterocycles. The van der Waals surface area contributed by atoms with Gasteiger partial charge in [0, 0.05) is 12.6 Å². The normalized spacial score (nSPS) is 10.2. The maximum Gasteiger partial charge on any atom is 0.312 e. The number of aromatic nitrogens is 2. The maximum absolute atomic E-state index is 13.7. The van der Waals surface area contributed by atoms with Crippen LogP contribution in [0, 0.1) is 15.9 Å². The van der Waals surface area contributed by atoms with Crippen molar-refractivity contribution >= 4 is 27.6 Å². The lowest BCUT2D eigenvalue weighted by Crippen LogP contribution is -2.04. The van der Waals surface area contributed by atoms with E-state index in [0.29, 0.717) is 11.0 Å². The zero-order chi connectivity index (χ0) is 15.4. The molecule has 9 heteroatoms. The quantitative estimate of drug-likeness (QED) is 0.651. The van der Waals surface area contributed by atoms with Gasteiger partial charge < -0.3 is 10.1 Å². The minimum atomic E-state index is -0.818. The molecule has 0 unspecified atom stereocenters. The summed E-state index contributed by atoms with van der Waals surface area (Å²) in [4.78, 5) is 17.9. The molecular weight excluding hydrogens is 347 g/mol. The van der Waals surface area contributed by atoms with E-state index in [4.69, 9.17) is 4.74 Å². The van der Waals surface area contributed by atoms with Crippen molar-refractivity contribution < 1.29 is 14.1 Å². The van der Waals surface area contributed by atoms with Crippen LogP contribution in [0.1, 0.15) is 6.92 Å². The summed E-state index contributed by atoms with van der Waals surface area (Å²) in [5.74, 6) is -1.16. The molecule has 0 fully saturated rings. The summed E-state index contributed by atoms with van der Waals surface area (Å²) >= 11 is 3.14. The molecule has 1 heterocycles. The highest BCUT2D eigenvalue weighted by molar-refractivity contribution is 9.10. The summed E-state index contributed by atoms with van der Waals surface area (Å²) in [5.41, 5.74) is -0.299. The second-order valence-electron chi connectivity index (χ2n) is 3.82. The van der Waals surface area contributed by atoms with Crippen molar-refractivity contribution in [2.24, 2.45) is 0 Å². The van der Waals surface area contributed by atoms with E-state index >= 15 is 0 Å². The third-order valence-corrected chi connectivity index (χ3v) is 3.01. The van der Waals surface area contributed by atoms with Crippen molar-refractivity contribution in [2.45, 2.75) is 6.92 Å². The lowest BCUT2D eigenvalue weighted by molar-refractivity contribution is -0.385. The standard InChI is InChI=1S/C12H10BrFN4O3/c1-2-15-12-16-6-8(14)11(17-12)21-10-7(13)4-3-5-9(10)18(19)20/h3-6H,2H2,1H3,(H,15,16,17). The van der Waals surface area contributed by atoms with Gasteiger partial charge >= 0.3 is 5.69 Å². The van der Waals surface area contributed by atoms with E-state index in [2.05, 4.69) is 31.2 Å². The van der Waals surface area contributed by atoms with E-state index in [1.165, 1.54) is 12.1 Å². The van der Waals surface area contributed by atoms with Crippen molar-refractivity contribution in [3.8, 4) is 11.6 Å². The third kappa shape index (κ3) is 3.43. The molecule has 0 atom stereocenters. The highest BCUT2D eigenvalue weighted by atomic mass is 79.9. The van der Waals surface area contributed by atoms with Crippen LogP contribution in [-0.2, 0) is 0 Å². The van der Waals surface area contributed by atoms with Gasteiger partial charge in [0.1, 0.15) is 0 Å². The highest BCUT2D eigenvalue weighted by Crippen LogP contribution is 2.38. The average molecular weight is 357 g/mol. The maximum atomic E-state index is 13.7. The van der Waals surface area contributed by atoms with Crippen LogP contribution in [-0.4, -0.2) is 21.4 Å². The van der Waals surface area contributed by atoms with Gasteiger partial charge in [0.25, 0.3) is 5.88 Å². The molecule has 110 valence electrons. The molecule has 7 nitrogen and oxygen atoms in total. The summed E-state index contributed by atoms with van der Waals surface area (Å²) in [6.45, 7) is 2.37. The average Bonchev–Trinajstić information content (AvgIpc) is 2.44. The molecule has 21 heavy (non-hydrogen) atoms. The van der Waals surface area contributed by atoms with Crippen LogP contribution in [0.25, 0.3) is 0 Å². The second kappa shape index (κ2) is 6.44. The van der Waals surface area contributed by atoms with Gasteiger partial charge in [0.2, 0.25) is 17.5 Å². The Bertz CT molecular complexity index is 684. The molecule has 1 aromatic carbocycles. The van der Waals surface area contributed by atoms with Crippen LogP contribution in [0.2, 0.25) is 0 Å². The van der Waals surface area contributed by atoms with E-state index in [0.717, 1.165) is 6.20 Å². The molecule has 0 bridgehead atoms. The Labute approximate surface area is 127 Å². The predicted octanol–water partition coefficient (Wildman–Crippen LogP) is 3.51. The Morgan fingerprint density at radius 2 is 2.29 bits per heavy atom. The predicted molar refractivity (Wildman–Crippen MR) is 77.0 cm³/mol. The SMILES string of the molecule is CCNc1ncc(F)c(Oc2c(Br)cccc2[N+](=O)[O-])n1. The Balaban J connectivity index is 2.42. The zero-order valence-corrected chi connectivity index (χ0v) is 12.4. The van der Waals surface area contributed by atoms with Gasteiger partial charge in [0.05, 0.1) is 15.6 Å². The monoisotopic (exact) mass is 356 g/mol. The molecule has 0 radical (unpaired) electrons. The van der Waals surface area contributed by atoms with Crippen molar-refractivity contribution in [1.82, 2.24) is 9.97 Å². The largest absolute Gasteiger partial charge is 0.428 e. The summed E-state index contributed by atoms with van der Waals surface area (Å²) in [6, 6.07) is 4.28. The number of hydrogen-bond donors (Lipinski definition) is 1. The Hall–Kier alpha value is -2.29. The molecule has 0 amide bonds. The number of benzene rings is 1. The van der Waals surface area contributed by atoms with Crippen molar-refractivity contribution in [1.29, 1.82) is 0 Å². The molecule has 0 spiro atoms. The number of nitrogens with one attached hydrogen (secondary N) is 1. The van der Waals surface area contributed by atoms with Gasteiger partial charge in [0.15, 0.2) is 0 Å². The van der Waals surface area contributed by atoms with E-state index in [1.807, 2.05) is 6.92 Å². The fourth-order valence-corrected chi connectivity index (χ4v) is 1.94. The summed E-state index contributed by atoms with van der Waals surface area (Å²) < 4.78 is 19.3. The first-order valence-electron chi connectivity index (χ1n) is 5.90. The van der Waals surface area contributed by atoms with Crippen LogP contribution in [0.5, 0.6) is 11.6 Å². The first-order chi connectivity index (χ1) is 10.0.